The lowest BCUT2D eigenvalue weighted by Crippen LogP contribution is -2.41. The third-order valence-corrected chi connectivity index (χ3v) is 4.28. The second-order valence-corrected chi connectivity index (χ2v) is 6.07. The maximum atomic E-state index is 12.4. The van der Waals surface area contributed by atoms with E-state index in [1.54, 1.807) is 18.5 Å². The van der Waals surface area contributed by atoms with E-state index in [0.29, 0.717) is 11.7 Å². The molecule has 4 nitrogen and oxygen atoms in total. The number of rotatable bonds is 4. The molecule has 4 heteroatoms. The zero-order valence-electron chi connectivity index (χ0n) is 13.4. The molecule has 1 aliphatic rings. The molecule has 23 heavy (non-hydrogen) atoms. The van der Waals surface area contributed by atoms with Crippen LogP contribution in [0.25, 0.3) is 0 Å². The fourth-order valence-electron chi connectivity index (χ4n) is 3.07. The summed E-state index contributed by atoms with van der Waals surface area (Å²) < 4.78 is 5.53. The van der Waals surface area contributed by atoms with E-state index in [1.807, 2.05) is 11.0 Å². The van der Waals surface area contributed by atoms with Crippen LogP contribution < -0.4 is 4.74 Å². The summed E-state index contributed by atoms with van der Waals surface area (Å²) in [6.07, 6.45) is 5.48. The molecule has 1 atom stereocenters. The topological polar surface area (TPSA) is 42.4 Å². The molecule has 1 aliphatic heterocycles. The molecule has 0 bridgehead atoms. The number of likely N-dealkylation sites (tertiary alicyclic amines) is 1. The van der Waals surface area contributed by atoms with Crippen LogP contribution in [0.2, 0.25) is 0 Å². The summed E-state index contributed by atoms with van der Waals surface area (Å²) in [6.45, 7) is 3.78. The van der Waals surface area contributed by atoms with E-state index in [4.69, 9.17) is 4.74 Å². The van der Waals surface area contributed by atoms with Gasteiger partial charge in [-0.25, -0.2) is 0 Å². The van der Waals surface area contributed by atoms with E-state index in [9.17, 15) is 4.79 Å². The number of hydrogen-bond acceptors (Lipinski definition) is 3. The minimum absolute atomic E-state index is 0.0474. The standard InChI is InChI=1S/C19H22N2O2/c1-15-5-2-6-16(11-15)17-7-4-10-21(13-17)19(22)14-23-18-8-3-9-20-12-18/h2-3,5-6,8-9,11-12,17H,4,7,10,13-14H2,1H3/t17-/m0/s1. The lowest BCUT2D eigenvalue weighted by atomic mass is 9.90. The molecule has 3 rings (SSSR count). The molecule has 0 aliphatic carbocycles. The molecule has 0 spiro atoms. The predicted molar refractivity (Wildman–Crippen MR) is 89.5 cm³/mol. The smallest absolute Gasteiger partial charge is 0.260 e. The molecule has 0 unspecified atom stereocenters. The summed E-state index contributed by atoms with van der Waals surface area (Å²) in [5.74, 6) is 1.10. The van der Waals surface area contributed by atoms with Crippen LogP contribution in [0.1, 0.15) is 29.9 Å². The molecule has 2 heterocycles. The lowest BCUT2D eigenvalue weighted by Gasteiger charge is -2.33. The number of benzene rings is 1. The van der Waals surface area contributed by atoms with Gasteiger partial charge < -0.3 is 9.64 Å². The molecule has 0 saturated carbocycles. The van der Waals surface area contributed by atoms with Crippen molar-refractivity contribution >= 4 is 5.91 Å². The monoisotopic (exact) mass is 310 g/mol. The number of pyridine rings is 1. The Morgan fingerprint density at radius 1 is 1.35 bits per heavy atom. The van der Waals surface area contributed by atoms with Crippen LogP contribution in [0, 0.1) is 6.92 Å². The molecule has 2 aromatic rings. The van der Waals surface area contributed by atoms with Gasteiger partial charge in [0, 0.05) is 25.2 Å². The SMILES string of the molecule is Cc1cccc([C@H]2CCCN(C(=O)COc3cccnc3)C2)c1. The third-order valence-electron chi connectivity index (χ3n) is 4.28. The Kier molecular flexibility index (Phi) is 4.91. The molecule has 1 saturated heterocycles. The van der Waals surface area contributed by atoms with Crippen LogP contribution in [-0.2, 0) is 4.79 Å². The van der Waals surface area contributed by atoms with E-state index in [2.05, 4.69) is 36.2 Å². The normalized spacial score (nSPS) is 17.8. The Balaban J connectivity index is 1.58. The highest BCUT2D eigenvalue weighted by Crippen LogP contribution is 2.27. The Morgan fingerprint density at radius 2 is 2.26 bits per heavy atom. The van der Waals surface area contributed by atoms with Gasteiger partial charge in [0.1, 0.15) is 5.75 Å². The number of carbonyl (C=O) groups is 1. The lowest BCUT2D eigenvalue weighted by molar-refractivity contribution is -0.134. The fraction of sp³-hybridized carbons (Fsp3) is 0.368. The van der Waals surface area contributed by atoms with E-state index in [-0.39, 0.29) is 12.5 Å². The van der Waals surface area contributed by atoms with Crippen LogP contribution in [-0.4, -0.2) is 35.5 Å². The molecule has 0 radical (unpaired) electrons. The average Bonchev–Trinajstić information content (AvgIpc) is 2.61. The number of hydrogen-bond donors (Lipinski definition) is 0. The number of nitrogens with zero attached hydrogens (tertiary/aromatic N) is 2. The summed E-state index contributed by atoms with van der Waals surface area (Å²) in [5, 5.41) is 0. The van der Waals surface area contributed by atoms with Gasteiger partial charge in [-0.15, -0.1) is 0 Å². The van der Waals surface area contributed by atoms with Crippen LogP contribution >= 0.6 is 0 Å². The number of piperidine rings is 1. The number of aryl methyl sites for hydroxylation is 1. The molecular formula is C19H22N2O2. The van der Waals surface area contributed by atoms with Crippen molar-refractivity contribution in [2.75, 3.05) is 19.7 Å². The first-order chi connectivity index (χ1) is 11.2. The molecule has 1 fully saturated rings. The molecular weight excluding hydrogens is 288 g/mol. The minimum atomic E-state index is 0.0474. The van der Waals surface area contributed by atoms with Crippen LogP contribution in [0.5, 0.6) is 5.75 Å². The summed E-state index contributed by atoms with van der Waals surface area (Å²) >= 11 is 0. The molecule has 1 amide bonds. The maximum absolute atomic E-state index is 12.4. The van der Waals surface area contributed by atoms with Gasteiger partial charge in [0.15, 0.2) is 6.61 Å². The molecule has 1 aromatic carbocycles. The van der Waals surface area contributed by atoms with Crippen molar-refractivity contribution in [1.82, 2.24) is 9.88 Å². The van der Waals surface area contributed by atoms with Crippen molar-refractivity contribution < 1.29 is 9.53 Å². The van der Waals surface area contributed by atoms with E-state index in [1.165, 1.54) is 11.1 Å². The molecule has 0 N–H and O–H groups in total. The van der Waals surface area contributed by atoms with Gasteiger partial charge in [0.25, 0.3) is 5.91 Å². The van der Waals surface area contributed by atoms with Crippen molar-refractivity contribution in [1.29, 1.82) is 0 Å². The minimum Gasteiger partial charge on any atom is -0.482 e. The first-order valence-electron chi connectivity index (χ1n) is 8.09. The van der Waals surface area contributed by atoms with Crippen molar-refractivity contribution in [3.05, 3.63) is 59.9 Å². The Hall–Kier alpha value is -2.36. The van der Waals surface area contributed by atoms with Crippen LogP contribution in [0.3, 0.4) is 0 Å². The second kappa shape index (κ2) is 7.27. The van der Waals surface area contributed by atoms with Crippen molar-refractivity contribution in [2.24, 2.45) is 0 Å². The number of ether oxygens (including phenoxy) is 1. The van der Waals surface area contributed by atoms with E-state index in [0.717, 1.165) is 25.9 Å². The zero-order chi connectivity index (χ0) is 16.1. The van der Waals surface area contributed by atoms with Gasteiger partial charge in [0.05, 0.1) is 6.20 Å². The highest BCUT2D eigenvalue weighted by molar-refractivity contribution is 5.78. The Bertz CT molecular complexity index is 657. The number of carbonyl (C=O) groups excluding carboxylic acids is 1. The van der Waals surface area contributed by atoms with Crippen LogP contribution in [0.15, 0.2) is 48.8 Å². The summed E-state index contributed by atoms with van der Waals surface area (Å²) in [5.41, 5.74) is 2.60. The number of amides is 1. The first kappa shape index (κ1) is 15.5. The summed E-state index contributed by atoms with van der Waals surface area (Å²) in [7, 11) is 0. The van der Waals surface area contributed by atoms with Gasteiger partial charge in [0.2, 0.25) is 0 Å². The highest BCUT2D eigenvalue weighted by atomic mass is 16.5. The quantitative estimate of drug-likeness (QED) is 0.871. The Morgan fingerprint density at radius 3 is 3.04 bits per heavy atom. The second-order valence-electron chi connectivity index (χ2n) is 6.07. The van der Waals surface area contributed by atoms with Gasteiger partial charge in [-0.3, -0.25) is 9.78 Å². The van der Waals surface area contributed by atoms with E-state index < -0.39 is 0 Å². The van der Waals surface area contributed by atoms with Crippen LogP contribution in [0.4, 0.5) is 0 Å². The van der Waals surface area contributed by atoms with Gasteiger partial charge in [-0.2, -0.15) is 0 Å². The zero-order valence-corrected chi connectivity index (χ0v) is 13.4. The summed E-state index contributed by atoms with van der Waals surface area (Å²) in [6, 6.07) is 12.2. The van der Waals surface area contributed by atoms with E-state index >= 15 is 0 Å². The number of aromatic nitrogens is 1. The molecule has 1 aromatic heterocycles. The third kappa shape index (κ3) is 4.09. The maximum Gasteiger partial charge on any atom is 0.260 e. The predicted octanol–water partition coefficient (Wildman–Crippen LogP) is 3.18. The highest BCUT2D eigenvalue weighted by Gasteiger charge is 2.25. The van der Waals surface area contributed by atoms with Gasteiger partial charge in [-0.05, 0) is 37.5 Å². The fourth-order valence-corrected chi connectivity index (χ4v) is 3.07. The van der Waals surface area contributed by atoms with Gasteiger partial charge >= 0.3 is 0 Å². The molecule has 120 valence electrons. The van der Waals surface area contributed by atoms with Gasteiger partial charge in [-0.1, -0.05) is 29.8 Å². The van der Waals surface area contributed by atoms with Crippen molar-refractivity contribution in [3.8, 4) is 5.75 Å². The van der Waals surface area contributed by atoms with Crippen molar-refractivity contribution in [2.45, 2.75) is 25.7 Å². The Labute approximate surface area is 137 Å². The largest absolute Gasteiger partial charge is 0.482 e. The average molecular weight is 310 g/mol. The summed E-state index contributed by atoms with van der Waals surface area (Å²) in [4.78, 5) is 18.3. The first-order valence-corrected chi connectivity index (χ1v) is 8.09. The van der Waals surface area contributed by atoms with Crippen molar-refractivity contribution in [3.63, 3.8) is 0 Å².